The van der Waals surface area contributed by atoms with Crippen molar-refractivity contribution in [3.63, 3.8) is 0 Å². The molecule has 0 amide bonds. The van der Waals surface area contributed by atoms with E-state index in [1.54, 1.807) is 0 Å². The zero-order valence-electron chi connectivity index (χ0n) is 7.73. The maximum atomic E-state index is 11.0. The van der Waals surface area contributed by atoms with Gasteiger partial charge in [-0.1, -0.05) is 18.2 Å². The molecule has 0 aliphatic heterocycles. The molecule has 0 fully saturated rings. The second-order valence-electron chi connectivity index (χ2n) is 2.99. The molecule has 0 aliphatic rings. The number of aryl methyl sites for hydroxylation is 1. The van der Waals surface area contributed by atoms with Gasteiger partial charge in [-0.05, 0) is 18.6 Å². The van der Waals surface area contributed by atoms with Gasteiger partial charge in [-0.2, -0.15) is 4.98 Å². The maximum Gasteiger partial charge on any atom is 0.276 e. The zero-order chi connectivity index (χ0) is 9.97. The van der Waals surface area contributed by atoms with Crippen molar-refractivity contribution in [1.82, 2.24) is 4.98 Å². The molecule has 0 atom stereocenters. The summed E-state index contributed by atoms with van der Waals surface area (Å²) in [5, 5.41) is 0. The van der Waals surface area contributed by atoms with Crippen molar-refractivity contribution >= 4 is 0 Å². The highest BCUT2D eigenvalue weighted by atomic mass is 16.3. The molecule has 2 rings (SSSR count). The number of aromatic nitrogens is 1. The highest BCUT2D eigenvalue weighted by Crippen LogP contribution is 2.18. The summed E-state index contributed by atoms with van der Waals surface area (Å²) >= 11 is 0. The second-order valence-corrected chi connectivity index (χ2v) is 2.99. The van der Waals surface area contributed by atoms with Gasteiger partial charge in [-0.3, -0.25) is 4.79 Å². The Bertz CT molecular complexity index is 502. The van der Waals surface area contributed by atoms with E-state index in [-0.39, 0.29) is 5.56 Å². The smallest absolute Gasteiger partial charge is 0.276 e. The minimum absolute atomic E-state index is 0.283. The SMILES string of the molecule is Cc1ccccc1-c1nc(=O)cco1. The molecule has 0 N–H and O–H groups in total. The largest absolute Gasteiger partial charge is 0.446 e. The van der Waals surface area contributed by atoms with Crippen LogP contribution in [0, 0.1) is 6.92 Å². The van der Waals surface area contributed by atoms with Gasteiger partial charge in [0.05, 0.1) is 6.26 Å². The van der Waals surface area contributed by atoms with E-state index < -0.39 is 0 Å². The van der Waals surface area contributed by atoms with E-state index in [0.29, 0.717) is 5.89 Å². The lowest BCUT2D eigenvalue weighted by molar-refractivity contribution is 0.541. The topological polar surface area (TPSA) is 43.1 Å². The van der Waals surface area contributed by atoms with Crippen LogP contribution in [-0.4, -0.2) is 4.98 Å². The third kappa shape index (κ3) is 1.57. The molecule has 0 saturated heterocycles. The van der Waals surface area contributed by atoms with Gasteiger partial charge >= 0.3 is 0 Å². The molecule has 3 heteroatoms. The second kappa shape index (κ2) is 3.46. The number of hydrogen-bond acceptors (Lipinski definition) is 3. The van der Waals surface area contributed by atoms with Crippen LogP contribution in [0.5, 0.6) is 0 Å². The number of nitrogens with zero attached hydrogens (tertiary/aromatic N) is 1. The standard InChI is InChI=1S/C11H9NO2/c1-8-4-2-3-5-9(8)11-12-10(13)6-7-14-11/h2-7H,1H3. The third-order valence-electron chi connectivity index (χ3n) is 1.98. The molecule has 0 bridgehead atoms. The van der Waals surface area contributed by atoms with Crippen molar-refractivity contribution in [3.8, 4) is 11.5 Å². The van der Waals surface area contributed by atoms with Gasteiger partial charge in [0, 0.05) is 11.6 Å². The van der Waals surface area contributed by atoms with Crippen LogP contribution in [0.3, 0.4) is 0 Å². The van der Waals surface area contributed by atoms with Crippen LogP contribution in [0.15, 0.2) is 45.8 Å². The lowest BCUT2D eigenvalue weighted by atomic mass is 10.1. The minimum atomic E-state index is -0.283. The fourth-order valence-electron chi connectivity index (χ4n) is 1.26. The highest BCUT2D eigenvalue weighted by molar-refractivity contribution is 5.57. The summed E-state index contributed by atoms with van der Waals surface area (Å²) < 4.78 is 5.16. The summed E-state index contributed by atoms with van der Waals surface area (Å²) in [6.07, 6.45) is 1.36. The molecule has 0 aliphatic carbocycles. The van der Waals surface area contributed by atoms with Gasteiger partial charge in [0.15, 0.2) is 0 Å². The summed E-state index contributed by atoms with van der Waals surface area (Å²) in [5.41, 5.74) is 1.61. The molecule has 0 saturated carbocycles. The predicted octanol–water partition coefficient (Wildman–Crippen LogP) is 2.01. The van der Waals surface area contributed by atoms with Gasteiger partial charge in [0.25, 0.3) is 5.56 Å². The van der Waals surface area contributed by atoms with Crippen molar-refractivity contribution in [3.05, 3.63) is 52.5 Å². The number of hydrogen-bond donors (Lipinski definition) is 0. The lowest BCUT2D eigenvalue weighted by Gasteiger charge is -2.01. The van der Waals surface area contributed by atoms with Crippen molar-refractivity contribution in [1.29, 1.82) is 0 Å². The van der Waals surface area contributed by atoms with Crippen LogP contribution in [0.1, 0.15) is 5.56 Å². The summed E-state index contributed by atoms with van der Waals surface area (Å²) in [6.45, 7) is 1.95. The number of benzene rings is 1. The minimum Gasteiger partial charge on any atom is -0.446 e. The number of rotatable bonds is 1. The first-order valence-electron chi connectivity index (χ1n) is 4.29. The van der Waals surface area contributed by atoms with Crippen molar-refractivity contribution < 1.29 is 4.42 Å². The first-order valence-corrected chi connectivity index (χ1v) is 4.29. The molecule has 2 aromatic rings. The van der Waals surface area contributed by atoms with Gasteiger partial charge in [0.2, 0.25) is 5.89 Å². The van der Waals surface area contributed by atoms with Crippen LogP contribution >= 0.6 is 0 Å². The van der Waals surface area contributed by atoms with Gasteiger partial charge < -0.3 is 4.42 Å². The summed E-state index contributed by atoms with van der Waals surface area (Å²) in [4.78, 5) is 14.8. The third-order valence-corrected chi connectivity index (χ3v) is 1.98. The molecular formula is C11H9NO2. The molecular weight excluding hydrogens is 178 g/mol. The molecule has 0 unspecified atom stereocenters. The Morgan fingerprint density at radius 2 is 2.00 bits per heavy atom. The van der Waals surface area contributed by atoms with Crippen LogP contribution < -0.4 is 5.56 Å². The summed E-state index contributed by atoms with van der Waals surface area (Å²) in [7, 11) is 0. The van der Waals surface area contributed by atoms with E-state index in [0.717, 1.165) is 11.1 Å². The first-order chi connectivity index (χ1) is 6.77. The van der Waals surface area contributed by atoms with E-state index in [1.807, 2.05) is 31.2 Å². The molecule has 1 aromatic heterocycles. The Morgan fingerprint density at radius 3 is 2.71 bits per heavy atom. The van der Waals surface area contributed by atoms with Crippen LogP contribution in [0.25, 0.3) is 11.5 Å². The van der Waals surface area contributed by atoms with Gasteiger partial charge in [-0.15, -0.1) is 0 Å². The van der Waals surface area contributed by atoms with Crippen molar-refractivity contribution in [2.75, 3.05) is 0 Å². The Labute approximate surface area is 81.0 Å². The summed E-state index contributed by atoms with van der Waals surface area (Å²) in [5.74, 6) is 0.371. The maximum absolute atomic E-state index is 11.0. The molecule has 1 aromatic carbocycles. The normalized spacial score (nSPS) is 10.1. The zero-order valence-corrected chi connectivity index (χ0v) is 7.73. The van der Waals surface area contributed by atoms with E-state index in [2.05, 4.69) is 4.98 Å². The average Bonchev–Trinajstić information content (AvgIpc) is 2.18. The van der Waals surface area contributed by atoms with Gasteiger partial charge in [0.1, 0.15) is 0 Å². The fraction of sp³-hybridized carbons (Fsp3) is 0.0909. The first kappa shape index (κ1) is 8.69. The van der Waals surface area contributed by atoms with Crippen LogP contribution in [0.4, 0.5) is 0 Å². The quantitative estimate of drug-likeness (QED) is 0.685. The van der Waals surface area contributed by atoms with E-state index in [1.165, 1.54) is 12.3 Å². The Morgan fingerprint density at radius 1 is 1.21 bits per heavy atom. The van der Waals surface area contributed by atoms with E-state index >= 15 is 0 Å². The molecule has 0 spiro atoms. The Hall–Kier alpha value is -1.90. The highest BCUT2D eigenvalue weighted by Gasteiger charge is 2.04. The predicted molar refractivity (Wildman–Crippen MR) is 52.9 cm³/mol. The van der Waals surface area contributed by atoms with E-state index in [4.69, 9.17) is 4.42 Å². The summed E-state index contributed by atoms with van der Waals surface area (Å²) in [6, 6.07) is 8.93. The molecule has 70 valence electrons. The fourth-order valence-corrected chi connectivity index (χ4v) is 1.26. The Balaban J connectivity index is 2.61. The van der Waals surface area contributed by atoms with Crippen LogP contribution in [-0.2, 0) is 0 Å². The lowest BCUT2D eigenvalue weighted by Crippen LogP contribution is -2.03. The van der Waals surface area contributed by atoms with Crippen molar-refractivity contribution in [2.24, 2.45) is 0 Å². The molecule has 14 heavy (non-hydrogen) atoms. The molecule has 0 radical (unpaired) electrons. The van der Waals surface area contributed by atoms with E-state index in [9.17, 15) is 4.79 Å². The average molecular weight is 187 g/mol. The monoisotopic (exact) mass is 187 g/mol. The van der Waals surface area contributed by atoms with Gasteiger partial charge in [-0.25, -0.2) is 0 Å². The molecule has 1 heterocycles. The van der Waals surface area contributed by atoms with Crippen molar-refractivity contribution in [2.45, 2.75) is 6.92 Å². The Kier molecular flexibility index (Phi) is 2.14. The van der Waals surface area contributed by atoms with Crippen LogP contribution in [0.2, 0.25) is 0 Å². The molecule has 3 nitrogen and oxygen atoms in total.